The third-order valence-corrected chi connectivity index (χ3v) is 2.51. The number of rotatable bonds is 2. The van der Waals surface area contributed by atoms with Crippen LogP contribution in [0, 0.1) is 0 Å². The van der Waals surface area contributed by atoms with Gasteiger partial charge in [-0.15, -0.1) is 0 Å². The third kappa shape index (κ3) is 1.60. The zero-order valence-corrected chi connectivity index (χ0v) is 8.75. The van der Waals surface area contributed by atoms with Gasteiger partial charge in [-0.25, -0.2) is 9.97 Å². The molecular weight excluding hydrogens is 192 g/mol. The predicted molar refractivity (Wildman–Crippen MR) is 57.1 cm³/mol. The van der Waals surface area contributed by atoms with Crippen molar-refractivity contribution in [3.8, 4) is 0 Å². The maximum atomic E-state index is 9.43. The number of aryl methyl sites for hydroxylation is 1. The molecule has 0 aliphatic rings. The highest BCUT2D eigenvalue weighted by Crippen LogP contribution is 2.18. The van der Waals surface area contributed by atoms with Crippen molar-refractivity contribution in [3.05, 3.63) is 24.2 Å². The van der Waals surface area contributed by atoms with Crippen LogP contribution in [0.25, 0.3) is 11.2 Å². The number of hydrogen-bond acceptors (Lipinski definition) is 4. The van der Waals surface area contributed by atoms with Crippen LogP contribution in [0.1, 0.15) is 18.8 Å². The third-order valence-electron chi connectivity index (χ3n) is 2.51. The molecule has 5 nitrogen and oxygen atoms in total. The Bertz CT molecular complexity index is 477. The largest absolute Gasteiger partial charge is 0.391 e. The molecule has 5 heteroatoms. The molecule has 0 spiro atoms. The highest BCUT2D eigenvalue weighted by molar-refractivity contribution is 5.71. The lowest BCUT2D eigenvalue weighted by Gasteiger charge is -2.13. The summed E-state index contributed by atoms with van der Waals surface area (Å²) in [4.78, 5) is 8.44. The maximum Gasteiger partial charge on any atom is 0.177 e. The van der Waals surface area contributed by atoms with Gasteiger partial charge >= 0.3 is 0 Å². The Labute approximate surface area is 87.6 Å². The molecule has 0 aliphatic carbocycles. The van der Waals surface area contributed by atoms with Gasteiger partial charge in [0.2, 0.25) is 0 Å². The number of nitrogens with two attached hydrogens (primary N) is 1. The van der Waals surface area contributed by atoms with E-state index >= 15 is 0 Å². The Morgan fingerprint density at radius 3 is 2.87 bits per heavy atom. The minimum absolute atomic E-state index is 0.482. The molecule has 0 saturated carbocycles. The first-order valence-corrected chi connectivity index (χ1v) is 4.82. The monoisotopic (exact) mass is 206 g/mol. The van der Waals surface area contributed by atoms with Crippen molar-refractivity contribution < 1.29 is 5.11 Å². The molecule has 2 atom stereocenters. The van der Waals surface area contributed by atoms with Crippen LogP contribution < -0.4 is 5.73 Å². The second kappa shape index (κ2) is 3.60. The SMILES string of the molecule is CC(O)C(N)c1nc2ncccc2n1C. The van der Waals surface area contributed by atoms with Crippen LogP contribution in [0.4, 0.5) is 0 Å². The second-order valence-electron chi connectivity index (χ2n) is 3.64. The fourth-order valence-electron chi connectivity index (χ4n) is 1.56. The number of hydrogen-bond donors (Lipinski definition) is 2. The van der Waals surface area contributed by atoms with Crippen LogP contribution in [0.15, 0.2) is 18.3 Å². The highest BCUT2D eigenvalue weighted by Gasteiger charge is 2.19. The average Bonchev–Trinajstić information content (AvgIpc) is 2.56. The van der Waals surface area contributed by atoms with Gasteiger partial charge in [0.15, 0.2) is 5.65 Å². The van der Waals surface area contributed by atoms with Crippen molar-refractivity contribution in [3.63, 3.8) is 0 Å². The molecule has 15 heavy (non-hydrogen) atoms. The van der Waals surface area contributed by atoms with E-state index in [1.165, 1.54) is 0 Å². The lowest BCUT2D eigenvalue weighted by atomic mass is 10.2. The number of imidazole rings is 1. The smallest absolute Gasteiger partial charge is 0.177 e. The van der Waals surface area contributed by atoms with E-state index in [4.69, 9.17) is 5.73 Å². The summed E-state index contributed by atoms with van der Waals surface area (Å²) in [5, 5.41) is 9.43. The molecule has 0 saturated heterocycles. The fraction of sp³-hybridized carbons (Fsp3) is 0.400. The summed E-state index contributed by atoms with van der Waals surface area (Å²) in [6.07, 6.45) is 1.06. The van der Waals surface area contributed by atoms with E-state index in [0.29, 0.717) is 11.5 Å². The molecule has 0 radical (unpaired) electrons. The van der Waals surface area contributed by atoms with Gasteiger partial charge in [-0.1, -0.05) is 0 Å². The van der Waals surface area contributed by atoms with Gasteiger partial charge in [0.1, 0.15) is 5.82 Å². The van der Waals surface area contributed by atoms with Crippen LogP contribution in [0.5, 0.6) is 0 Å². The Balaban J connectivity index is 2.58. The van der Waals surface area contributed by atoms with Gasteiger partial charge in [-0.05, 0) is 19.1 Å². The average molecular weight is 206 g/mol. The van der Waals surface area contributed by atoms with Crippen molar-refractivity contribution in [2.45, 2.75) is 19.1 Å². The van der Waals surface area contributed by atoms with Crippen LogP contribution in [0.2, 0.25) is 0 Å². The number of fused-ring (bicyclic) bond motifs is 1. The Hall–Kier alpha value is -1.46. The fourth-order valence-corrected chi connectivity index (χ4v) is 1.56. The number of aliphatic hydroxyl groups is 1. The summed E-state index contributed by atoms with van der Waals surface area (Å²) in [5.41, 5.74) is 7.42. The molecule has 2 rings (SSSR count). The summed E-state index contributed by atoms with van der Waals surface area (Å²) in [6, 6.07) is 3.29. The molecule has 2 aromatic heterocycles. The molecule has 80 valence electrons. The Morgan fingerprint density at radius 1 is 1.53 bits per heavy atom. The van der Waals surface area contributed by atoms with Crippen molar-refractivity contribution in [1.29, 1.82) is 0 Å². The highest BCUT2D eigenvalue weighted by atomic mass is 16.3. The minimum atomic E-state index is -0.625. The minimum Gasteiger partial charge on any atom is -0.391 e. The van der Waals surface area contributed by atoms with E-state index < -0.39 is 12.1 Å². The maximum absolute atomic E-state index is 9.43. The first-order chi connectivity index (χ1) is 7.11. The molecule has 0 amide bonds. The van der Waals surface area contributed by atoms with Gasteiger partial charge in [-0.2, -0.15) is 0 Å². The van der Waals surface area contributed by atoms with Crippen molar-refractivity contribution in [2.24, 2.45) is 12.8 Å². The molecule has 2 unspecified atom stereocenters. The first-order valence-electron chi connectivity index (χ1n) is 4.82. The van der Waals surface area contributed by atoms with E-state index in [9.17, 15) is 5.11 Å². The Morgan fingerprint density at radius 2 is 2.27 bits per heavy atom. The molecule has 0 aromatic carbocycles. The zero-order valence-electron chi connectivity index (χ0n) is 8.75. The molecule has 0 bridgehead atoms. The molecule has 0 fully saturated rings. The van der Waals surface area contributed by atoms with Gasteiger partial charge in [0.05, 0.1) is 17.7 Å². The van der Waals surface area contributed by atoms with Crippen molar-refractivity contribution in [2.75, 3.05) is 0 Å². The molecule has 2 aromatic rings. The normalized spacial score (nSPS) is 15.5. The number of nitrogens with zero attached hydrogens (tertiary/aromatic N) is 3. The predicted octanol–water partition coefficient (Wildman–Crippen LogP) is 0.349. The first kappa shape index (κ1) is 10.1. The summed E-state index contributed by atoms with van der Waals surface area (Å²) < 4.78 is 1.86. The number of pyridine rings is 1. The summed E-state index contributed by atoms with van der Waals surface area (Å²) in [6.45, 7) is 1.65. The molecule has 0 aliphatic heterocycles. The topological polar surface area (TPSA) is 77.0 Å². The van der Waals surface area contributed by atoms with Gasteiger partial charge in [-0.3, -0.25) is 0 Å². The summed E-state index contributed by atoms with van der Waals surface area (Å²) in [7, 11) is 1.87. The quantitative estimate of drug-likeness (QED) is 0.743. The van der Waals surface area contributed by atoms with Gasteiger partial charge < -0.3 is 15.4 Å². The van der Waals surface area contributed by atoms with E-state index in [2.05, 4.69) is 9.97 Å². The number of aromatic nitrogens is 3. The van der Waals surface area contributed by atoms with Crippen LogP contribution >= 0.6 is 0 Å². The second-order valence-corrected chi connectivity index (χ2v) is 3.64. The van der Waals surface area contributed by atoms with E-state index in [1.54, 1.807) is 13.1 Å². The molecule has 2 heterocycles. The van der Waals surface area contributed by atoms with Gasteiger partial charge in [0, 0.05) is 13.2 Å². The van der Waals surface area contributed by atoms with Crippen LogP contribution in [-0.2, 0) is 7.05 Å². The van der Waals surface area contributed by atoms with Crippen LogP contribution in [-0.4, -0.2) is 25.7 Å². The Kier molecular flexibility index (Phi) is 2.42. The van der Waals surface area contributed by atoms with E-state index in [0.717, 1.165) is 5.52 Å². The zero-order chi connectivity index (χ0) is 11.0. The summed E-state index contributed by atoms with van der Waals surface area (Å²) in [5.74, 6) is 0.652. The lowest BCUT2D eigenvalue weighted by Crippen LogP contribution is -2.26. The van der Waals surface area contributed by atoms with Crippen LogP contribution in [0.3, 0.4) is 0 Å². The number of aliphatic hydroxyl groups excluding tert-OH is 1. The van der Waals surface area contributed by atoms with Crippen molar-refractivity contribution >= 4 is 11.2 Å². The molecule has 3 N–H and O–H groups in total. The standard InChI is InChI=1S/C10H14N4O/c1-6(15)8(11)10-13-9-7(14(10)2)4-3-5-12-9/h3-6,8,15H,11H2,1-2H3. The summed E-state index contributed by atoms with van der Waals surface area (Å²) >= 11 is 0. The van der Waals surface area contributed by atoms with Gasteiger partial charge in [0.25, 0.3) is 0 Å². The van der Waals surface area contributed by atoms with Crippen molar-refractivity contribution in [1.82, 2.24) is 14.5 Å². The molecular formula is C10H14N4O. The van der Waals surface area contributed by atoms with E-state index in [-0.39, 0.29) is 0 Å². The lowest BCUT2D eigenvalue weighted by molar-refractivity contribution is 0.159. The van der Waals surface area contributed by atoms with E-state index in [1.807, 2.05) is 23.7 Å².